The second-order valence-electron chi connectivity index (χ2n) is 9.04. The molecule has 7 nitrogen and oxygen atoms in total. The second kappa shape index (κ2) is 8.06. The van der Waals surface area contributed by atoms with Crippen LogP contribution in [-0.4, -0.2) is 35.0 Å². The highest BCUT2D eigenvalue weighted by atomic mass is 35.5. The van der Waals surface area contributed by atoms with Crippen LogP contribution in [0.3, 0.4) is 0 Å². The van der Waals surface area contributed by atoms with Crippen molar-refractivity contribution in [1.82, 2.24) is 5.01 Å². The van der Waals surface area contributed by atoms with E-state index in [9.17, 15) is 14.4 Å². The zero-order valence-corrected chi connectivity index (χ0v) is 19.5. The SMILES string of the molecule is Cc1ccc(N2C(=O)C3C(C2=O)C2c4ccccc4C=NN2C3C(=O)Nc2ccc(Cl)cc2)cc1. The molecule has 4 unspecified atom stereocenters. The van der Waals surface area contributed by atoms with Crippen molar-refractivity contribution in [1.29, 1.82) is 0 Å². The summed E-state index contributed by atoms with van der Waals surface area (Å²) in [5.74, 6) is -2.70. The molecule has 2 fully saturated rings. The van der Waals surface area contributed by atoms with Crippen LogP contribution in [0.25, 0.3) is 0 Å². The van der Waals surface area contributed by atoms with Gasteiger partial charge in [0.05, 0.1) is 29.8 Å². The van der Waals surface area contributed by atoms with E-state index < -0.39 is 29.8 Å². The van der Waals surface area contributed by atoms with Crippen LogP contribution in [0, 0.1) is 18.8 Å². The van der Waals surface area contributed by atoms with Crippen LogP contribution in [0.4, 0.5) is 11.4 Å². The van der Waals surface area contributed by atoms with Crippen molar-refractivity contribution < 1.29 is 14.4 Å². The number of halogens is 1. The average Bonchev–Trinajstić information content (AvgIpc) is 3.34. The molecule has 3 aliphatic heterocycles. The number of imide groups is 1. The van der Waals surface area contributed by atoms with Gasteiger partial charge in [-0.3, -0.25) is 19.4 Å². The number of nitrogens with one attached hydrogen (secondary N) is 1. The fraction of sp³-hybridized carbons (Fsp3) is 0.185. The molecule has 3 aromatic carbocycles. The minimum absolute atomic E-state index is 0.312. The first-order valence-electron chi connectivity index (χ1n) is 11.4. The summed E-state index contributed by atoms with van der Waals surface area (Å²) in [5.41, 5.74) is 3.84. The predicted octanol–water partition coefficient (Wildman–Crippen LogP) is 4.17. The second-order valence-corrected chi connectivity index (χ2v) is 9.47. The summed E-state index contributed by atoms with van der Waals surface area (Å²) in [6, 6.07) is 20.2. The molecule has 3 aliphatic rings. The van der Waals surface area contributed by atoms with Gasteiger partial charge in [-0.15, -0.1) is 0 Å². The van der Waals surface area contributed by atoms with E-state index in [0.29, 0.717) is 16.4 Å². The number of benzene rings is 3. The van der Waals surface area contributed by atoms with E-state index in [-0.39, 0.29) is 11.8 Å². The average molecular weight is 485 g/mol. The first-order valence-corrected chi connectivity index (χ1v) is 11.7. The van der Waals surface area contributed by atoms with Crippen molar-refractivity contribution >= 4 is 46.9 Å². The largest absolute Gasteiger partial charge is 0.324 e. The van der Waals surface area contributed by atoms with Crippen molar-refractivity contribution in [2.45, 2.75) is 19.0 Å². The minimum atomic E-state index is -0.947. The summed E-state index contributed by atoms with van der Waals surface area (Å²) in [4.78, 5) is 42.4. The number of carbonyl (C=O) groups is 3. The molecule has 3 amide bonds. The zero-order chi connectivity index (χ0) is 24.3. The number of fused-ring (bicyclic) bond motifs is 5. The van der Waals surface area contributed by atoms with Crippen molar-refractivity contribution in [2.24, 2.45) is 16.9 Å². The smallest absolute Gasteiger partial charge is 0.249 e. The molecule has 35 heavy (non-hydrogen) atoms. The van der Waals surface area contributed by atoms with Gasteiger partial charge in [0.2, 0.25) is 17.7 Å². The predicted molar refractivity (Wildman–Crippen MR) is 133 cm³/mol. The van der Waals surface area contributed by atoms with E-state index in [1.807, 2.05) is 43.3 Å². The van der Waals surface area contributed by atoms with E-state index >= 15 is 0 Å². The normalized spacial score (nSPS) is 24.3. The van der Waals surface area contributed by atoms with Crippen LogP contribution in [0.5, 0.6) is 0 Å². The van der Waals surface area contributed by atoms with Gasteiger partial charge in [-0.25, -0.2) is 4.90 Å². The number of nitrogens with zero attached hydrogens (tertiary/aromatic N) is 3. The maximum absolute atomic E-state index is 13.8. The maximum atomic E-state index is 13.8. The summed E-state index contributed by atoms with van der Waals surface area (Å²) >= 11 is 5.98. The molecule has 0 radical (unpaired) electrons. The van der Waals surface area contributed by atoms with Gasteiger partial charge >= 0.3 is 0 Å². The van der Waals surface area contributed by atoms with Gasteiger partial charge in [0.15, 0.2) is 0 Å². The highest BCUT2D eigenvalue weighted by molar-refractivity contribution is 6.30. The maximum Gasteiger partial charge on any atom is 0.249 e. The Morgan fingerprint density at radius 1 is 0.914 bits per heavy atom. The van der Waals surface area contributed by atoms with Crippen LogP contribution in [-0.2, 0) is 14.4 Å². The third-order valence-electron chi connectivity index (χ3n) is 6.97. The zero-order valence-electron chi connectivity index (χ0n) is 18.8. The third-order valence-corrected chi connectivity index (χ3v) is 7.22. The van der Waals surface area contributed by atoms with Gasteiger partial charge < -0.3 is 5.32 Å². The van der Waals surface area contributed by atoms with Gasteiger partial charge in [-0.2, -0.15) is 5.10 Å². The Bertz CT molecular complexity index is 1390. The Kier molecular flexibility index (Phi) is 4.96. The molecule has 4 atom stereocenters. The van der Waals surface area contributed by atoms with Crippen LogP contribution < -0.4 is 10.2 Å². The molecule has 0 aliphatic carbocycles. The fourth-order valence-electron chi connectivity index (χ4n) is 5.37. The summed E-state index contributed by atoms with van der Waals surface area (Å²) in [6.07, 6.45) is 1.68. The Morgan fingerprint density at radius 3 is 2.34 bits per heavy atom. The molecular weight excluding hydrogens is 464 g/mol. The van der Waals surface area contributed by atoms with Crippen molar-refractivity contribution in [3.63, 3.8) is 0 Å². The minimum Gasteiger partial charge on any atom is -0.324 e. The molecule has 0 saturated carbocycles. The number of amides is 3. The number of hydrogen-bond donors (Lipinski definition) is 1. The number of hydrazone groups is 1. The Labute approximate surface area is 207 Å². The lowest BCUT2D eigenvalue weighted by Gasteiger charge is -2.33. The van der Waals surface area contributed by atoms with Crippen LogP contribution in [0.2, 0.25) is 5.02 Å². The first kappa shape index (κ1) is 21.6. The molecule has 0 bridgehead atoms. The monoisotopic (exact) mass is 484 g/mol. The number of rotatable bonds is 3. The highest BCUT2D eigenvalue weighted by Crippen LogP contribution is 2.52. The number of carbonyl (C=O) groups excluding carboxylic acids is 3. The Morgan fingerprint density at radius 2 is 1.60 bits per heavy atom. The lowest BCUT2D eigenvalue weighted by atomic mass is 9.85. The summed E-state index contributed by atoms with van der Waals surface area (Å²) < 4.78 is 0. The number of anilines is 2. The molecule has 6 rings (SSSR count). The number of aryl methyl sites for hydroxylation is 1. The van der Waals surface area contributed by atoms with Crippen LogP contribution in [0.1, 0.15) is 22.7 Å². The van der Waals surface area contributed by atoms with Gasteiger partial charge in [0, 0.05) is 10.7 Å². The summed E-state index contributed by atoms with van der Waals surface area (Å²) in [7, 11) is 0. The summed E-state index contributed by atoms with van der Waals surface area (Å²) in [6.45, 7) is 1.94. The van der Waals surface area contributed by atoms with Crippen molar-refractivity contribution in [3.05, 3.63) is 94.5 Å². The van der Waals surface area contributed by atoms with Crippen molar-refractivity contribution in [3.8, 4) is 0 Å². The molecular formula is C27H21ClN4O3. The molecule has 174 valence electrons. The first-order chi connectivity index (χ1) is 16.9. The van der Waals surface area contributed by atoms with E-state index in [0.717, 1.165) is 16.7 Å². The highest BCUT2D eigenvalue weighted by Gasteiger charge is 2.65. The van der Waals surface area contributed by atoms with Gasteiger partial charge in [0.25, 0.3) is 0 Å². The molecule has 0 aromatic heterocycles. The lowest BCUT2D eigenvalue weighted by Crippen LogP contribution is -2.46. The molecule has 8 heteroatoms. The van der Waals surface area contributed by atoms with E-state index in [2.05, 4.69) is 10.4 Å². The van der Waals surface area contributed by atoms with Gasteiger partial charge in [-0.05, 0) is 54.4 Å². The van der Waals surface area contributed by atoms with Crippen LogP contribution >= 0.6 is 11.6 Å². The van der Waals surface area contributed by atoms with E-state index in [1.54, 1.807) is 47.6 Å². The number of hydrogen-bond acceptors (Lipinski definition) is 5. The molecule has 1 N–H and O–H groups in total. The molecule has 2 saturated heterocycles. The lowest BCUT2D eigenvalue weighted by molar-refractivity contribution is -0.129. The standard InChI is InChI=1S/C27H21ClN4O3/c1-15-6-12-19(13-7-15)31-26(34)21-22(27(31)35)24(25(33)30-18-10-8-17(28)9-11-18)32-23(21)20-5-3-2-4-16(20)14-29-32/h2-14,21-24H,1H3,(H,30,33). The van der Waals surface area contributed by atoms with Gasteiger partial charge in [-0.1, -0.05) is 53.6 Å². The Hall–Kier alpha value is -3.97. The quantitative estimate of drug-likeness (QED) is 0.566. The Balaban J connectivity index is 1.43. The third kappa shape index (κ3) is 3.34. The van der Waals surface area contributed by atoms with Gasteiger partial charge in [0.1, 0.15) is 6.04 Å². The molecule has 3 aromatic rings. The topological polar surface area (TPSA) is 82.1 Å². The van der Waals surface area contributed by atoms with E-state index in [1.165, 1.54) is 4.90 Å². The van der Waals surface area contributed by atoms with E-state index in [4.69, 9.17) is 11.6 Å². The summed E-state index contributed by atoms with van der Waals surface area (Å²) in [5, 5.41) is 9.62. The van der Waals surface area contributed by atoms with Crippen LogP contribution in [0.15, 0.2) is 77.9 Å². The molecule has 3 heterocycles. The fourth-order valence-corrected chi connectivity index (χ4v) is 5.49. The van der Waals surface area contributed by atoms with Crippen molar-refractivity contribution in [2.75, 3.05) is 10.2 Å². The molecule has 0 spiro atoms.